The minimum Gasteiger partial charge on any atom is -0.370 e. The number of nitrogens with one attached hydrogen (secondary N) is 1. The van der Waals surface area contributed by atoms with Gasteiger partial charge in [0.15, 0.2) is 0 Å². The van der Waals surface area contributed by atoms with Crippen LogP contribution in [0.1, 0.15) is 52.9 Å². The highest BCUT2D eigenvalue weighted by atomic mass is 16.1. The molecule has 0 bridgehead atoms. The van der Waals surface area contributed by atoms with Crippen molar-refractivity contribution in [2.75, 3.05) is 0 Å². The number of aldehydes is 1. The molecule has 0 saturated carbocycles. The van der Waals surface area contributed by atoms with Crippen molar-refractivity contribution in [2.24, 2.45) is 11.7 Å². The summed E-state index contributed by atoms with van der Waals surface area (Å²) in [6, 6.07) is -0.206. The molecule has 0 saturated heterocycles. The van der Waals surface area contributed by atoms with Crippen LogP contribution in [-0.2, 0) is 9.59 Å². The molecule has 0 fully saturated rings. The Hall–Kier alpha value is -0.900. The molecule has 0 spiro atoms. The minimum absolute atomic E-state index is 0.0818. The van der Waals surface area contributed by atoms with Gasteiger partial charge in [0.2, 0.25) is 5.91 Å². The number of hydrogen-bond acceptors (Lipinski definition) is 3. The van der Waals surface area contributed by atoms with Crippen molar-refractivity contribution in [2.45, 2.75) is 65.0 Å². The average Bonchev–Trinajstić information content (AvgIpc) is 2.26. The second-order valence-corrected chi connectivity index (χ2v) is 4.78. The van der Waals surface area contributed by atoms with Crippen molar-refractivity contribution < 1.29 is 9.59 Å². The van der Waals surface area contributed by atoms with E-state index in [9.17, 15) is 9.59 Å². The van der Waals surface area contributed by atoms with Crippen molar-refractivity contribution in [3.05, 3.63) is 0 Å². The Balaban J connectivity index is 4.07. The molecule has 1 amide bonds. The van der Waals surface area contributed by atoms with Gasteiger partial charge in [-0.1, -0.05) is 33.1 Å². The number of nitrogens with two attached hydrogens (primary N) is 1. The van der Waals surface area contributed by atoms with Crippen LogP contribution in [0.2, 0.25) is 0 Å². The number of carbonyl (C=O) groups is 2. The second-order valence-electron chi connectivity index (χ2n) is 4.78. The summed E-state index contributed by atoms with van der Waals surface area (Å²) in [6.07, 6.45) is 5.43. The lowest BCUT2D eigenvalue weighted by molar-refractivity contribution is -0.121. The summed E-state index contributed by atoms with van der Waals surface area (Å²) < 4.78 is 0. The van der Waals surface area contributed by atoms with E-state index in [1.54, 1.807) is 0 Å². The van der Waals surface area contributed by atoms with Crippen molar-refractivity contribution >= 4 is 12.2 Å². The lowest BCUT2D eigenvalue weighted by Crippen LogP contribution is -2.41. The zero-order chi connectivity index (χ0) is 13.3. The van der Waals surface area contributed by atoms with Gasteiger partial charge in [-0.05, 0) is 19.3 Å². The van der Waals surface area contributed by atoms with Crippen LogP contribution in [0.25, 0.3) is 0 Å². The van der Waals surface area contributed by atoms with Gasteiger partial charge in [0.05, 0.1) is 6.04 Å². The van der Waals surface area contributed by atoms with E-state index in [0.717, 1.165) is 19.1 Å². The Bertz CT molecular complexity index is 231. The van der Waals surface area contributed by atoms with Crippen LogP contribution in [0, 0.1) is 5.92 Å². The molecule has 0 aliphatic carbocycles. The predicted octanol–water partition coefficient (Wildman–Crippen LogP) is 1.62. The molecule has 0 aromatic carbocycles. The summed E-state index contributed by atoms with van der Waals surface area (Å²) >= 11 is 0. The molecule has 2 unspecified atom stereocenters. The molecule has 0 radical (unpaired) electrons. The van der Waals surface area contributed by atoms with Gasteiger partial charge in [0, 0.05) is 12.5 Å². The van der Waals surface area contributed by atoms with E-state index in [1.807, 2.05) is 0 Å². The van der Waals surface area contributed by atoms with Gasteiger partial charge in [-0.25, -0.2) is 0 Å². The van der Waals surface area contributed by atoms with E-state index in [-0.39, 0.29) is 12.5 Å². The van der Waals surface area contributed by atoms with Crippen molar-refractivity contribution in [3.63, 3.8) is 0 Å². The zero-order valence-corrected chi connectivity index (χ0v) is 11.2. The predicted molar refractivity (Wildman–Crippen MR) is 69.6 cm³/mol. The molecule has 3 N–H and O–H groups in total. The van der Waals surface area contributed by atoms with Gasteiger partial charge < -0.3 is 15.8 Å². The van der Waals surface area contributed by atoms with Crippen LogP contribution < -0.4 is 11.1 Å². The molecule has 0 aliphatic rings. The summed E-state index contributed by atoms with van der Waals surface area (Å²) in [6.45, 7) is 6.42. The van der Waals surface area contributed by atoms with Crippen LogP contribution in [0.15, 0.2) is 0 Å². The van der Waals surface area contributed by atoms with Crippen molar-refractivity contribution in [1.29, 1.82) is 0 Å². The zero-order valence-electron chi connectivity index (χ0n) is 11.2. The maximum Gasteiger partial charge on any atom is 0.219 e. The summed E-state index contributed by atoms with van der Waals surface area (Å²) in [7, 11) is 0. The van der Waals surface area contributed by atoms with Crippen molar-refractivity contribution in [1.82, 2.24) is 5.32 Å². The Morgan fingerprint density at radius 1 is 1.41 bits per heavy atom. The van der Waals surface area contributed by atoms with Gasteiger partial charge >= 0.3 is 0 Å². The van der Waals surface area contributed by atoms with Gasteiger partial charge in [0.1, 0.15) is 6.29 Å². The summed E-state index contributed by atoms with van der Waals surface area (Å²) in [5, 5.41) is 3.15. The molecular formula is C13H26N2O2. The van der Waals surface area contributed by atoms with E-state index in [1.165, 1.54) is 12.8 Å². The first-order valence-electron chi connectivity index (χ1n) is 6.53. The van der Waals surface area contributed by atoms with Crippen LogP contribution >= 0.6 is 0 Å². The molecule has 4 heteroatoms. The van der Waals surface area contributed by atoms with Gasteiger partial charge in [-0.2, -0.15) is 0 Å². The summed E-state index contributed by atoms with van der Waals surface area (Å²) in [5.74, 6) is 0.241. The third-order valence-corrected chi connectivity index (χ3v) is 3.05. The molecule has 3 atom stereocenters. The molecule has 0 rings (SSSR count). The van der Waals surface area contributed by atoms with E-state index in [4.69, 9.17) is 5.73 Å². The lowest BCUT2D eigenvalue weighted by atomic mass is 9.93. The Morgan fingerprint density at radius 3 is 2.47 bits per heavy atom. The molecular weight excluding hydrogens is 216 g/mol. The molecule has 0 heterocycles. The standard InChI is InChI=1S/C13H26N2O2/c1-4-6-11(5-2)7-10(3)15-12(9-16)8-13(14)17/h9-12,15H,4-8H2,1-3H3,(H2,14,17)/t10?,11?,12-/m1/s1. The third-order valence-electron chi connectivity index (χ3n) is 3.05. The molecule has 100 valence electrons. The minimum atomic E-state index is -0.443. The van der Waals surface area contributed by atoms with Gasteiger partial charge in [-0.3, -0.25) is 4.79 Å². The van der Waals surface area contributed by atoms with E-state index >= 15 is 0 Å². The van der Waals surface area contributed by atoms with E-state index in [0.29, 0.717) is 5.92 Å². The molecule has 0 aliphatic heterocycles. The average molecular weight is 242 g/mol. The molecule has 17 heavy (non-hydrogen) atoms. The maximum atomic E-state index is 10.8. The molecule has 0 aromatic heterocycles. The normalized spacial score (nSPS) is 16.2. The SMILES string of the molecule is CCCC(CC)CC(C)N[C@@H](C=O)CC(N)=O. The first-order valence-corrected chi connectivity index (χ1v) is 6.53. The lowest BCUT2D eigenvalue weighted by Gasteiger charge is -2.22. The van der Waals surface area contributed by atoms with Crippen LogP contribution in [-0.4, -0.2) is 24.3 Å². The fraction of sp³-hybridized carbons (Fsp3) is 0.846. The monoisotopic (exact) mass is 242 g/mol. The fourth-order valence-corrected chi connectivity index (χ4v) is 2.19. The van der Waals surface area contributed by atoms with E-state index < -0.39 is 11.9 Å². The van der Waals surface area contributed by atoms with Crippen LogP contribution in [0.3, 0.4) is 0 Å². The highest BCUT2D eigenvalue weighted by Crippen LogP contribution is 2.17. The fourth-order valence-electron chi connectivity index (χ4n) is 2.19. The first-order chi connectivity index (χ1) is 8.03. The van der Waals surface area contributed by atoms with E-state index in [2.05, 4.69) is 26.1 Å². The Morgan fingerprint density at radius 2 is 2.06 bits per heavy atom. The first kappa shape index (κ1) is 16.1. The number of primary amides is 1. The van der Waals surface area contributed by atoms with Crippen molar-refractivity contribution in [3.8, 4) is 0 Å². The molecule has 4 nitrogen and oxygen atoms in total. The number of amides is 1. The smallest absolute Gasteiger partial charge is 0.219 e. The highest BCUT2D eigenvalue weighted by Gasteiger charge is 2.16. The van der Waals surface area contributed by atoms with Crippen LogP contribution in [0.4, 0.5) is 0 Å². The Labute approximate surface area is 104 Å². The van der Waals surface area contributed by atoms with Crippen LogP contribution in [0.5, 0.6) is 0 Å². The maximum absolute atomic E-state index is 10.8. The number of hydrogen-bond donors (Lipinski definition) is 2. The largest absolute Gasteiger partial charge is 0.370 e. The molecule has 0 aromatic rings. The highest BCUT2D eigenvalue weighted by molar-refractivity contribution is 5.78. The van der Waals surface area contributed by atoms with Gasteiger partial charge in [-0.15, -0.1) is 0 Å². The third kappa shape index (κ3) is 7.91. The summed E-state index contributed by atoms with van der Waals surface area (Å²) in [4.78, 5) is 21.5. The number of rotatable bonds is 10. The summed E-state index contributed by atoms with van der Waals surface area (Å²) in [5.41, 5.74) is 5.08. The van der Waals surface area contributed by atoms with Gasteiger partial charge in [0.25, 0.3) is 0 Å². The quantitative estimate of drug-likeness (QED) is 0.572. The second kappa shape index (κ2) is 9.16. The Kier molecular flexibility index (Phi) is 8.68. The topological polar surface area (TPSA) is 72.2 Å². The number of carbonyl (C=O) groups excluding carboxylic acids is 2.